The summed E-state index contributed by atoms with van der Waals surface area (Å²) in [4.78, 5) is 17.7. The van der Waals surface area contributed by atoms with Crippen molar-refractivity contribution < 1.29 is 17.9 Å². The molecule has 0 amide bonds. The highest BCUT2D eigenvalue weighted by Gasteiger charge is 2.16. The molecule has 0 atom stereocenters. The number of pyridine rings is 4. The van der Waals surface area contributed by atoms with Crippen LogP contribution in [0.4, 0.5) is 0 Å². The number of rotatable bonds is 9. The molecule has 0 bridgehead atoms. The third kappa shape index (κ3) is 8.03. The van der Waals surface area contributed by atoms with E-state index in [1.165, 1.54) is 0 Å². The van der Waals surface area contributed by atoms with E-state index in [9.17, 15) is 8.42 Å². The molecule has 11 heteroatoms. The summed E-state index contributed by atoms with van der Waals surface area (Å²) in [6.45, 7) is 0.420. The van der Waals surface area contributed by atoms with Crippen molar-refractivity contribution in [2.45, 2.75) is 18.0 Å². The summed E-state index contributed by atoms with van der Waals surface area (Å²) in [6.07, 6.45) is 3.41. The second-order valence-corrected chi connectivity index (χ2v) is 11.5. The van der Waals surface area contributed by atoms with Crippen LogP contribution in [0.15, 0.2) is 120 Å². The summed E-state index contributed by atoms with van der Waals surface area (Å²) in [5.74, 6) is 1.33. The number of ether oxygens (including phenoxy) is 2. The summed E-state index contributed by atoms with van der Waals surface area (Å²) in [5, 5.41) is 1.85. The number of hydrogen-bond acceptors (Lipinski definition) is 9. The normalized spacial score (nSPS) is 11.0. The van der Waals surface area contributed by atoms with Gasteiger partial charge in [0.05, 0.1) is 59.8 Å². The zero-order valence-electron chi connectivity index (χ0n) is 24.8. The first kappa shape index (κ1) is 31.2. The SMILES string of the molecule is COc1cc(CN)nc(-c2ccccn2)c1.COc1cc(CNS(=O)(=O)c2ccc3ccccc3c2)nc(-c2ccccn2)c1. The number of hydrogen-bond donors (Lipinski definition) is 2. The van der Waals surface area contributed by atoms with Gasteiger partial charge in [-0.05, 0) is 47.2 Å². The summed E-state index contributed by atoms with van der Waals surface area (Å²) in [5.41, 5.74) is 9.80. The maximum atomic E-state index is 12.8. The zero-order chi connectivity index (χ0) is 31.6. The first-order chi connectivity index (χ1) is 21.9. The van der Waals surface area contributed by atoms with Gasteiger partial charge in [-0.15, -0.1) is 0 Å². The lowest BCUT2D eigenvalue weighted by Gasteiger charge is -2.10. The Kier molecular flexibility index (Phi) is 10.1. The molecule has 4 heterocycles. The predicted molar refractivity (Wildman–Crippen MR) is 174 cm³/mol. The van der Waals surface area contributed by atoms with Crippen molar-refractivity contribution in [2.24, 2.45) is 5.73 Å². The van der Waals surface area contributed by atoms with Crippen molar-refractivity contribution in [3.05, 3.63) is 127 Å². The van der Waals surface area contributed by atoms with Gasteiger partial charge in [0.1, 0.15) is 11.5 Å². The predicted octanol–water partition coefficient (Wildman–Crippen LogP) is 5.39. The molecule has 2 aromatic carbocycles. The molecule has 6 aromatic rings. The van der Waals surface area contributed by atoms with Crippen LogP contribution in [-0.4, -0.2) is 42.6 Å². The Morgan fingerprint density at radius 3 is 1.76 bits per heavy atom. The molecule has 0 aliphatic heterocycles. The van der Waals surface area contributed by atoms with Crippen molar-refractivity contribution >= 4 is 20.8 Å². The molecule has 10 nitrogen and oxygen atoms in total. The van der Waals surface area contributed by atoms with Crippen LogP contribution in [0.1, 0.15) is 11.4 Å². The van der Waals surface area contributed by atoms with E-state index in [-0.39, 0.29) is 11.4 Å². The average molecular weight is 621 g/mol. The van der Waals surface area contributed by atoms with Crippen molar-refractivity contribution in [2.75, 3.05) is 14.2 Å². The van der Waals surface area contributed by atoms with Crippen LogP contribution in [0.2, 0.25) is 0 Å². The smallest absolute Gasteiger partial charge is 0.240 e. The Morgan fingerprint density at radius 2 is 1.20 bits per heavy atom. The number of nitrogens with zero attached hydrogens (tertiary/aromatic N) is 4. The number of methoxy groups -OCH3 is 2. The molecule has 6 rings (SSSR count). The summed E-state index contributed by atoms with van der Waals surface area (Å²) in [6, 6.07) is 31.1. The Hall–Kier alpha value is -5.23. The molecular formula is C34H32N6O4S. The maximum Gasteiger partial charge on any atom is 0.240 e. The fourth-order valence-corrected chi connectivity index (χ4v) is 5.46. The number of nitrogens with two attached hydrogens (primary N) is 1. The van der Waals surface area contributed by atoms with E-state index in [1.54, 1.807) is 56.9 Å². The average Bonchev–Trinajstić information content (AvgIpc) is 3.11. The van der Waals surface area contributed by atoms with Crippen LogP contribution in [0.3, 0.4) is 0 Å². The highest BCUT2D eigenvalue weighted by molar-refractivity contribution is 7.89. The molecule has 0 spiro atoms. The van der Waals surface area contributed by atoms with Gasteiger partial charge in [0.2, 0.25) is 10.0 Å². The van der Waals surface area contributed by atoms with Crippen molar-refractivity contribution in [1.82, 2.24) is 24.7 Å². The Balaban J connectivity index is 0.000000211. The fraction of sp³-hybridized carbons (Fsp3) is 0.118. The number of aromatic nitrogens is 4. The quantitative estimate of drug-likeness (QED) is 0.217. The lowest BCUT2D eigenvalue weighted by Crippen LogP contribution is -2.23. The van der Waals surface area contributed by atoms with Crippen molar-refractivity contribution in [3.8, 4) is 34.3 Å². The van der Waals surface area contributed by atoms with Crippen LogP contribution in [0.5, 0.6) is 11.5 Å². The van der Waals surface area contributed by atoms with Crippen LogP contribution >= 0.6 is 0 Å². The van der Waals surface area contributed by atoms with E-state index in [0.29, 0.717) is 29.4 Å². The van der Waals surface area contributed by atoms with E-state index in [1.807, 2.05) is 72.8 Å². The third-order valence-electron chi connectivity index (χ3n) is 6.71. The van der Waals surface area contributed by atoms with Gasteiger partial charge in [0.25, 0.3) is 0 Å². The highest BCUT2D eigenvalue weighted by atomic mass is 32.2. The topological polar surface area (TPSA) is 142 Å². The molecule has 45 heavy (non-hydrogen) atoms. The zero-order valence-corrected chi connectivity index (χ0v) is 25.6. The van der Waals surface area contributed by atoms with Crippen LogP contribution < -0.4 is 19.9 Å². The molecule has 4 aromatic heterocycles. The lowest BCUT2D eigenvalue weighted by atomic mass is 10.1. The summed E-state index contributed by atoms with van der Waals surface area (Å²) < 4.78 is 38.7. The molecule has 3 N–H and O–H groups in total. The van der Waals surface area contributed by atoms with Crippen LogP contribution in [0.25, 0.3) is 33.5 Å². The van der Waals surface area contributed by atoms with Gasteiger partial charge in [-0.3, -0.25) is 9.97 Å². The minimum absolute atomic E-state index is 0.0339. The van der Waals surface area contributed by atoms with E-state index in [2.05, 4.69) is 24.7 Å². The van der Waals surface area contributed by atoms with Gasteiger partial charge in [-0.25, -0.2) is 23.1 Å². The number of benzene rings is 2. The van der Waals surface area contributed by atoms with Crippen LogP contribution in [-0.2, 0) is 23.1 Å². The van der Waals surface area contributed by atoms with Gasteiger partial charge in [0.15, 0.2) is 0 Å². The Labute approximate surface area is 262 Å². The highest BCUT2D eigenvalue weighted by Crippen LogP contribution is 2.23. The number of fused-ring (bicyclic) bond motifs is 1. The molecule has 0 unspecified atom stereocenters. The third-order valence-corrected chi connectivity index (χ3v) is 8.11. The van der Waals surface area contributed by atoms with Gasteiger partial charge >= 0.3 is 0 Å². The Morgan fingerprint density at radius 1 is 0.644 bits per heavy atom. The molecule has 0 saturated carbocycles. The summed E-state index contributed by atoms with van der Waals surface area (Å²) >= 11 is 0. The van der Waals surface area contributed by atoms with Crippen LogP contribution in [0, 0.1) is 0 Å². The van der Waals surface area contributed by atoms with Gasteiger partial charge < -0.3 is 15.2 Å². The minimum Gasteiger partial charge on any atom is -0.497 e. The minimum atomic E-state index is -3.69. The van der Waals surface area contributed by atoms with Gasteiger partial charge in [0, 0.05) is 43.2 Å². The van der Waals surface area contributed by atoms with E-state index in [4.69, 9.17) is 15.2 Å². The standard InChI is InChI=1S/C22H19N3O3S.C12H13N3O/c1-28-19-13-18(25-22(14-19)21-8-4-5-11-23-21)15-24-29(26,27)20-10-9-16-6-2-3-7-17(16)12-20;1-16-10-6-9(8-13)15-12(7-10)11-4-2-3-5-14-11/h2-14,24H,15H2,1H3;2-7H,8,13H2,1H3. The second kappa shape index (κ2) is 14.5. The largest absolute Gasteiger partial charge is 0.497 e. The first-order valence-electron chi connectivity index (χ1n) is 14.0. The molecule has 228 valence electrons. The molecule has 0 radical (unpaired) electrons. The number of nitrogens with one attached hydrogen (secondary N) is 1. The van der Waals surface area contributed by atoms with Gasteiger partial charge in [-0.1, -0.05) is 42.5 Å². The lowest BCUT2D eigenvalue weighted by molar-refractivity contribution is 0.413. The van der Waals surface area contributed by atoms with E-state index < -0.39 is 10.0 Å². The van der Waals surface area contributed by atoms with Gasteiger partial charge in [-0.2, -0.15) is 0 Å². The molecular weight excluding hydrogens is 588 g/mol. The van der Waals surface area contributed by atoms with E-state index in [0.717, 1.165) is 33.6 Å². The molecule has 0 saturated heterocycles. The first-order valence-corrected chi connectivity index (χ1v) is 15.5. The monoisotopic (exact) mass is 620 g/mol. The molecule has 0 aliphatic rings. The van der Waals surface area contributed by atoms with E-state index >= 15 is 0 Å². The maximum absolute atomic E-state index is 12.8. The molecule has 0 aliphatic carbocycles. The fourth-order valence-electron chi connectivity index (χ4n) is 4.43. The molecule has 0 fully saturated rings. The second-order valence-electron chi connectivity index (χ2n) is 9.73. The summed E-state index contributed by atoms with van der Waals surface area (Å²) in [7, 11) is -0.514. The van der Waals surface area contributed by atoms with Crippen molar-refractivity contribution in [3.63, 3.8) is 0 Å². The Bertz CT molecular complexity index is 1970. The number of sulfonamides is 1. The van der Waals surface area contributed by atoms with Crippen molar-refractivity contribution in [1.29, 1.82) is 0 Å².